The first kappa shape index (κ1) is 17.5. The SMILES string of the molecule is Cc1nc(Nc2ccc(Cl)cc2C)cc(N2CCC3(CC2)OCCO3)n1. The number of nitrogens with zero attached hydrogens (tertiary/aromatic N) is 3. The van der Waals surface area contributed by atoms with Gasteiger partial charge < -0.3 is 19.7 Å². The third-order valence-electron chi connectivity index (χ3n) is 4.94. The molecule has 6 nitrogen and oxygen atoms in total. The van der Waals surface area contributed by atoms with E-state index < -0.39 is 0 Å². The zero-order chi connectivity index (χ0) is 18.1. The lowest BCUT2D eigenvalue weighted by atomic mass is 10.0. The molecule has 0 saturated carbocycles. The van der Waals surface area contributed by atoms with Crippen molar-refractivity contribution in [3.05, 3.63) is 40.7 Å². The summed E-state index contributed by atoms with van der Waals surface area (Å²) in [5.41, 5.74) is 2.06. The summed E-state index contributed by atoms with van der Waals surface area (Å²) in [5.74, 6) is 2.08. The van der Waals surface area contributed by atoms with Crippen LogP contribution in [0.3, 0.4) is 0 Å². The van der Waals surface area contributed by atoms with Gasteiger partial charge in [-0.05, 0) is 37.6 Å². The Kier molecular flexibility index (Phi) is 4.73. The monoisotopic (exact) mass is 374 g/mol. The van der Waals surface area contributed by atoms with Gasteiger partial charge in [0.25, 0.3) is 0 Å². The van der Waals surface area contributed by atoms with E-state index in [1.807, 2.05) is 38.1 Å². The van der Waals surface area contributed by atoms with Gasteiger partial charge in [-0.3, -0.25) is 0 Å². The molecule has 1 aromatic heterocycles. The van der Waals surface area contributed by atoms with E-state index >= 15 is 0 Å². The van der Waals surface area contributed by atoms with E-state index in [2.05, 4.69) is 20.2 Å². The van der Waals surface area contributed by atoms with Gasteiger partial charge in [0.05, 0.1) is 13.2 Å². The number of hydrogen-bond donors (Lipinski definition) is 1. The highest BCUT2D eigenvalue weighted by Crippen LogP contribution is 2.33. The second kappa shape index (κ2) is 7.02. The van der Waals surface area contributed by atoms with Gasteiger partial charge in [-0.1, -0.05) is 11.6 Å². The molecule has 0 bridgehead atoms. The van der Waals surface area contributed by atoms with Crippen LogP contribution in [0.1, 0.15) is 24.2 Å². The molecule has 1 aromatic carbocycles. The second-order valence-electron chi connectivity index (χ2n) is 6.84. The standard InChI is InChI=1S/C19H23ClN4O2/c1-13-11-15(20)3-4-16(13)23-17-12-18(22-14(2)21-17)24-7-5-19(6-8-24)25-9-10-26-19/h3-4,11-12H,5-10H2,1-2H3,(H,21,22,23). The highest BCUT2D eigenvalue weighted by atomic mass is 35.5. The first-order valence-electron chi connectivity index (χ1n) is 8.95. The van der Waals surface area contributed by atoms with Gasteiger partial charge in [-0.25, -0.2) is 9.97 Å². The maximum absolute atomic E-state index is 6.04. The molecule has 0 aliphatic carbocycles. The molecule has 1 spiro atoms. The highest BCUT2D eigenvalue weighted by Gasteiger charge is 2.40. The fraction of sp³-hybridized carbons (Fsp3) is 0.474. The lowest BCUT2D eigenvalue weighted by Crippen LogP contribution is -2.45. The van der Waals surface area contributed by atoms with E-state index in [-0.39, 0.29) is 5.79 Å². The van der Waals surface area contributed by atoms with Crippen LogP contribution in [0.2, 0.25) is 5.02 Å². The molecular weight excluding hydrogens is 352 g/mol. The number of piperidine rings is 1. The predicted octanol–water partition coefficient (Wildman–Crippen LogP) is 3.83. The first-order valence-corrected chi connectivity index (χ1v) is 9.33. The maximum Gasteiger partial charge on any atom is 0.171 e. The second-order valence-corrected chi connectivity index (χ2v) is 7.27. The Morgan fingerprint density at radius 3 is 2.50 bits per heavy atom. The molecule has 0 unspecified atom stereocenters. The normalized spacial score (nSPS) is 19.1. The quantitative estimate of drug-likeness (QED) is 0.881. The van der Waals surface area contributed by atoms with E-state index in [1.165, 1.54) is 0 Å². The molecule has 3 heterocycles. The summed E-state index contributed by atoms with van der Waals surface area (Å²) in [6, 6.07) is 7.77. The van der Waals surface area contributed by atoms with Crippen molar-refractivity contribution in [1.82, 2.24) is 9.97 Å². The van der Waals surface area contributed by atoms with Gasteiger partial charge in [0, 0.05) is 42.7 Å². The molecule has 138 valence electrons. The number of benzene rings is 1. The fourth-order valence-corrected chi connectivity index (χ4v) is 3.77. The van der Waals surface area contributed by atoms with E-state index in [9.17, 15) is 0 Å². The molecule has 2 aliphatic heterocycles. The number of nitrogens with one attached hydrogen (secondary N) is 1. The Morgan fingerprint density at radius 2 is 1.81 bits per heavy atom. The average molecular weight is 375 g/mol. The zero-order valence-electron chi connectivity index (χ0n) is 15.1. The lowest BCUT2D eigenvalue weighted by molar-refractivity contribution is -0.169. The van der Waals surface area contributed by atoms with Crippen LogP contribution < -0.4 is 10.2 Å². The van der Waals surface area contributed by atoms with Crippen LogP contribution in [0.25, 0.3) is 0 Å². The molecule has 0 atom stereocenters. The summed E-state index contributed by atoms with van der Waals surface area (Å²) < 4.78 is 11.6. The summed E-state index contributed by atoms with van der Waals surface area (Å²) in [6.45, 7) is 7.04. The molecule has 2 saturated heterocycles. The molecule has 0 amide bonds. The smallest absolute Gasteiger partial charge is 0.171 e. The number of rotatable bonds is 3. The summed E-state index contributed by atoms with van der Waals surface area (Å²) >= 11 is 6.04. The van der Waals surface area contributed by atoms with E-state index in [1.54, 1.807) is 0 Å². The van der Waals surface area contributed by atoms with Crippen LogP contribution in [-0.4, -0.2) is 42.1 Å². The van der Waals surface area contributed by atoms with E-state index in [4.69, 9.17) is 21.1 Å². The molecule has 0 radical (unpaired) electrons. The molecular formula is C19H23ClN4O2. The van der Waals surface area contributed by atoms with Crippen LogP contribution >= 0.6 is 11.6 Å². The van der Waals surface area contributed by atoms with Crippen LogP contribution in [0.4, 0.5) is 17.3 Å². The van der Waals surface area contributed by atoms with Crippen molar-refractivity contribution >= 4 is 28.9 Å². The van der Waals surface area contributed by atoms with Crippen LogP contribution in [-0.2, 0) is 9.47 Å². The summed E-state index contributed by atoms with van der Waals surface area (Å²) in [4.78, 5) is 11.4. The van der Waals surface area contributed by atoms with E-state index in [0.29, 0.717) is 13.2 Å². The Hall–Kier alpha value is -1.89. The van der Waals surface area contributed by atoms with Crippen molar-refractivity contribution in [2.75, 3.05) is 36.5 Å². The maximum atomic E-state index is 6.04. The minimum atomic E-state index is -0.375. The van der Waals surface area contributed by atoms with Crippen LogP contribution in [0, 0.1) is 13.8 Å². The van der Waals surface area contributed by atoms with Crippen LogP contribution in [0.15, 0.2) is 24.3 Å². The van der Waals surface area contributed by atoms with Crippen molar-refractivity contribution in [3.8, 4) is 0 Å². The number of hydrogen-bond acceptors (Lipinski definition) is 6. The van der Waals surface area contributed by atoms with Gasteiger partial charge in [-0.15, -0.1) is 0 Å². The molecule has 1 N–H and O–H groups in total. The summed E-state index contributed by atoms with van der Waals surface area (Å²) in [7, 11) is 0. The van der Waals surface area contributed by atoms with Crippen molar-refractivity contribution in [1.29, 1.82) is 0 Å². The Balaban J connectivity index is 1.51. The summed E-state index contributed by atoms with van der Waals surface area (Å²) in [6.07, 6.45) is 1.71. The minimum absolute atomic E-state index is 0.375. The van der Waals surface area contributed by atoms with Gasteiger partial charge in [0.1, 0.15) is 17.5 Å². The third kappa shape index (κ3) is 3.63. The van der Waals surface area contributed by atoms with Crippen molar-refractivity contribution < 1.29 is 9.47 Å². The first-order chi connectivity index (χ1) is 12.5. The molecule has 2 aromatic rings. The van der Waals surface area contributed by atoms with Gasteiger partial charge in [-0.2, -0.15) is 0 Å². The van der Waals surface area contributed by atoms with Crippen LogP contribution in [0.5, 0.6) is 0 Å². The highest BCUT2D eigenvalue weighted by molar-refractivity contribution is 6.30. The van der Waals surface area contributed by atoms with Crippen molar-refractivity contribution in [2.45, 2.75) is 32.5 Å². The Bertz CT molecular complexity index is 798. The predicted molar refractivity (Wildman–Crippen MR) is 102 cm³/mol. The molecule has 2 fully saturated rings. The number of aryl methyl sites for hydroxylation is 2. The van der Waals surface area contributed by atoms with E-state index in [0.717, 1.165) is 59.7 Å². The summed E-state index contributed by atoms with van der Waals surface area (Å²) in [5, 5.41) is 4.11. The van der Waals surface area contributed by atoms with Crippen molar-refractivity contribution in [3.63, 3.8) is 0 Å². The van der Waals surface area contributed by atoms with Gasteiger partial charge >= 0.3 is 0 Å². The fourth-order valence-electron chi connectivity index (χ4n) is 3.55. The average Bonchev–Trinajstić information content (AvgIpc) is 3.06. The lowest BCUT2D eigenvalue weighted by Gasteiger charge is -2.38. The zero-order valence-corrected chi connectivity index (χ0v) is 15.8. The number of aromatic nitrogens is 2. The molecule has 4 rings (SSSR count). The third-order valence-corrected chi connectivity index (χ3v) is 5.17. The van der Waals surface area contributed by atoms with Gasteiger partial charge in [0.15, 0.2) is 5.79 Å². The largest absolute Gasteiger partial charge is 0.356 e. The van der Waals surface area contributed by atoms with Crippen molar-refractivity contribution in [2.24, 2.45) is 0 Å². The molecule has 2 aliphatic rings. The topological polar surface area (TPSA) is 59.5 Å². The number of ether oxygens (including phenoxy) is 2. The Labute approximate surface area is 158 Å². The van der Waals surface area contributed by atoms with Gasteiger partial charge in [0.2, 0.25) is 0 Å². The number of anilines is 3. The minimum Gasteiger partial charge on any atom is -0.356 e. The number of halogens is 1. The Morgan fingerprint density at radius 1 is 1.08 bits per heavy atom. The molecule has 26 heavy (non-hydrogen) atoms. The molecule has 7 heteroatoms.